The Balaban J connectivity index is 1.71. The van der Waals surface area contributed by atoms with Gasteiger partial charge in [0.25, 0.3) is 0 Å². The Morgan fingerprint density at radius 1 is 1.13 bits per heavy atom. The number of nitrogens with one attached hydrogen (secondary N) is 1. The maximum atomic E-state index is 12.2. The number of aromatic nitrogens is 1. The molecule has 3 aromatic rings. The first kappa shape index (κ1) is 15.2. The van der Waals surface area contributed by atoms with Crippen LogP contribution in [-0.4, -0.2) is 10.9 Å². The van der Waals surface area contributed by atoms with Gasteiger partial charge in [-0.15, -0.1) is 11.3 Å². The number of anilines is 1. The summed E-state index contributed by atoms with van der Waals surface area (Å²) in [5.41, 5.74) is 1.43. The fraction of sp³-hybridized carbons (Fsp3) is 0.111. The van der Waals surface area contributed by atoms with Crippen molar-refractivity contribution in [2.45, 2.75) is 13.3 Å². The molecule has 1 amide bonds. The van der Waals surface area contributed by atoms with Crippen LogP contribution in [0.5, 0.6) is 11.5 Å². The summed E-state index contributed by atoms with van der Waals surface area (Å²) in [4.78, 5) is 16.5. The first-order valence-corrected chi connectivity index (χ1v) is 8.11. The van der Waals surface area contributed by atoms with Crippen molar-refractivity contribution >= 4 is 22.9 Å². The van der Waals surface area contributed by atoms with E-state index >= 15 is 0 Å². The number of hydrogen-bond acceptors (Lipinski definition) is 4. The molecule has 0 aliphatic heterocycles. The van der Waals surface area contributed by atoms with E-state index in [1.807, 2.05) is 66.9 Å². The average molecular weight is 324 g/mol. The van der Waals surface area contributed by atoms with Crippen molar-refractivity contribution in [3.8, 4) is 11.5 Å². The Bertz CT molecular complexity index is 800. The maximum absolute atomic E-state index is 12.2. The van der Waals surface area contributed by atoms with Gasteiger partial charge in [-0.05, 0) is 31.2 Å². The normalized spacial score (nSPS) is 10.3. The monoisotopic (exact) mass is 324 g/mol. The van der Waals surface area contributed by atoms with E-state index in [4.69, 9.17) is 4.74 Å². The first-order chi connectivity index (χ1) is 11.2. The van der Waals surface area contributed by atoms with Gasteiger partial charge in [0.2, 0.25) is 5.91 Å². The summed E-state index contributed by atoms with van der Waals surface area (Å²) < 4.78 is 5.84. The minimum absolute atomic E-state index is 0.112. The number of nitrogens with zero attached hydrogens (tertiary/aromatic N) is 1. The first-order valence-electron chi connectivity index (χ1n) is 7.23. The quantitative estimate of drug-likeness (QED) is 0.755. The third-order valence-corrected chi connectivity index (χ3v) is 3.96. The van der Waals surface area contributed by atoms with Crippen molar-refractivity contribution in [1.29, 1.82) is 0 Å². The molecule has 0 saturated carbocycles. The molecule has 116 valence electrons. The second-order valence-corrected chi connectivity index (χ2v) is 6.06. The van der Waals surface area contributed by atoms with Gasteiger partial charge in [-0.25, -0.2) is 4.98 Å². The highest BCUT2D eigenvalue weighted by Gasteiger charge is 2.10. The van der Waals surface area contributed by atoms with Crippen LogP contribution in [0.25, 0.3) is 0 Å². The van der Waals surface area contributed by atoms with Gasteiger partial charge in [0.1, 0.15) is 5.75 Å². The largest absolute Gasteiger partial charge is 0.455 e. The third-order valence-electron chi connectivity index (χ3n) is 3.14. The van der Waals surface area contributed by atoms with Crippen molar-refractivity contribution in [3.05, 3.63) is 70.7 Å². The second kappa shape index (κ2) is 7.07. The van der Waals surface area contributed by atoms with Crippen molar-refractivity contribution in [2.24, 2.45) is 0 Å². The lowest BCUT2D eigenvalue weighted by molar-refractivity contribution is -0.115. The van der Waals surface area contributed by atoms with E-state index in [0.717, 1.165) is 16.5 Å². The molecule has 0 fully saturated rings. The molecule has 0 spiro atoms. The molecule has 23 heavy (non-hydrogen) atoms. The number of amides is 1. The molecule has 1 N–H and O–H groups in total. The van der Waals surface area contributed by atoms with Gasteiger partial charge in [-0.1, -0.05) is 30.3 Å². The fourth-order valence-electron chi connectivity index (χ4n) is 2.12. The van der Waals surface area contributed by atoms with E-state index in [1.54, 1.807) is 11.3 Å². The van der Waals surface area contributed by atoms with Crippen LogP contribution in [0, 0.1) is 6.92 Å². The summed E-state index contributed by atoms with van der Waals surface area (Å²) in [6.07, 6.45) is 0.254. The van der Waals surface area contributed by atoms with Gasteiger partial charge < -0.3 is 10.1 Å². The summed E-state index contributed by atoms with van der Waals surface area (Å²) in [6, 6.07) is 16.9. The Labute approximate surface area is 138 Å². The van der Waals surface area contributed by atoms with E-state index in [-0.39, 0.29) is 12.3 Å². The molecule has 5 heteroatoms. The average Bonchev–Trinajstić information content (AvgIpc) is 2.95. The van der Waals surface area contributed by atoms with E-state index < -0.39 is 0 Å². The smallest absolute Gasteiger partial charge is 0.230 e. The standard InChI is InChI=1S/C18H16N2O2S/c1-13-19-14(12-23-13)11-18(21)20-16-9-5-6-10-17(16)22-15-7-3-2-4-8-15/h2-10,12H,11H2,1H3,(H,20,21). The molecule has 4 nitrogen and oxygen atoms in total. The lowest BCUT2D eigenvalue weighted by atomic mass is 10.2. The zero-order valence-corrected chi connectivity index (χ0v) is 13.5. The molecule has 0 unspecified atom stereocenters. The van der Waals surface area contributed by atoms with Gasteiger partial charge in [-0.3, -0.25) is 4.79 Å². The zero-order chi connectivity index (χ0) is 16.1. The maximum Gasteiger partial charge on any atom is 0.230 e. The van der Waals surface area contributed by atoms with Crippen LogP contribution in [0.4, 0.5) is 5.69 Å². The molecule has 0 aliphatic carbocycles. The number of para-hydroxylation sites is 3. The molecule has 1 aromatic heterocycles. The number of hydrogen-bond donors (Lipinski definition) is 1. The highest BCUT2D eigenvalue weighted by Crippen LogP contribution is 2.29. The van der Waals surface area contributed by atoms with Crippen molar-refractivity contribution < 1.29 is 9.53 Å². The van der Waals surface area contributed by atoms with Crippen molar-refractivity contribution in [1.82, 2.24) is 4.98 Å². The van der Waals surface area contributed by atoms with Gasteiger partial charge in [0.15, 0.2) is 5.75 Å². The summed E-state index contributed by atoms with van der Waals surface area (Å²) in [5, 5.41) is 5.75. The minimum Gasteiger partial charge on any atom is -0.455 e. The number of aryl methyl sites for hydroxylation is 1. The number of thiazole rings is 1. The molecule has 1 heterocycles. The topological polar surface area (TPSA) is 51.2 Å². The molecule has 0 radical (unpaired) electrons. The molecule has 0 saturated heterocycles. The van der Waals surface area contributed by atoms with E-state index in [2.05, 4.69) is 10.3 Å². The van der Waals surface area contributed by atoms with Crippen LogP contribution in [0.2, 0.25) is 0 Å². The van der Waals surface area contributed by atoms with Crippen LogP contribution in [-0.2, 0) is 11.2 Å². The van der Waals surface area contributed by atoms with Crippen molar-refractivity contribution in [2.75, 3.05) is 5.32 Å². The summed E-state index contributed by atoms with van der Waals surface area (Å²) in [7, 11) is 0. The summed E-state index contributed by atoms with van der Waals surface area (Å²) in [5.74, 6) is 1.23. The number of ether oxygens (including phenoxy) is 1. The van der Waals surface area contributed by atoms with E-state index in [9.17, 15) is 4.79 Å². The third kappa shape index (κ3) is 4.17. The van der Waals surface area contributed by atoms with Crippen LogP contribution >= 0.6 is 11.3 Å². The summed E-state index contributed by atoms with van der Waals surface area (Å²) in [6.45, 7) is 1.93. The minimum atomic E-state index is -0.112. The highest BCUT2D eigenvalue weighted by atomic mass is 32.1. The lowest BCUT2D eigenvalue weighted by Crippen LogP contribution is -2.15. The second-order valence-electron chi connectivity index (χ2n) is 4.99. The molecule has 2 aromatic carbocycles. The molecular formula is C18H16N2O2S. The highest BCUT2D eigenvalue weighted by molar-refractivity contribution is 7.09. The van der Waals surface area contributed by atoms with Crippen LogP contribution in [0.3, 0.4) is 0 Å². The predicted molar refractivity (Wildman–Crippen MR) is 92.1 cm³/mol. The van der Waals surface area contributed by atoms with Gasteiger partial charge in [0.05, 0.1) is 22.8 Å². The molecule has 3 rings (SSSR count). The van der Waals surface area contributed by atoms with Crippen molar-refractivity contribution in [3.63, 3.8) is 0 Å². The zero-order valence-electron chi connectivity index (χ0n) is 12.7. The van der Waals surface area contributed by atoms with Crippen LogP contribution < -0.4 is 10.1 Å². The summed E-state index contributed by atoms with van der Waals surface area (Å²) >= 11 is 1.54. The van der Waals surface area contributed by atoms with E-state index in [1.165, 1.54) is 0 Å². The molecule has 0 aliphatic rings. The Morgan fingerprint density at radius 2 is 1.87 bits per heavy atom. The number of rotatable bonds is 5. The number of benzene rings is 2. The Hall–Kier alpha value is -2.66. The van der Waals surface area contributed by atoms with Crippen LogP contribution in [0.1, 0.15) is 10.7 Å². The number of carbonyl (C=O) groups is 1. The Morgan fingerprint density at radius 3 is 2.61 bits per heavy atom. The van der Waals surface area contributed by atoms with E-state index in [0.29, 0.717) is 11.4 Å². The Kier molecular flexibility index (Phi) is 4.68. The van der Waals surface area contributed by atoms with Gasteiger partial charge in [0, 0.05) is 5.38 Å². The van der Waals surface area contributed by atoms with Gasteiger partial charge in [-0.2, -0.15) is 0 Å². The fourth-order valence-corrected chi connectivity index (χ4v) is 2.74. The SMILES string of the molecule is Cc1nc(CC(=O)Nc2ccccc2Oc2ccccc2)cs1. The lowest BCUT2D eigenvalue weighted by Gasteiger charge is -2.11. The van der Waals surface area contributed by atoms with Crippen LogP contribution in [0.15, 0.2) is 60.0 Å². The molecule has 0 atom stereocenters. The molecule has 0 bridgehead atoms. The predicted octanol–water partition coefficient (Wildman–Crippen LogP) is 4.43. The number of carbonyl (C=O) groups excluding carboxylic acids is 1. The molecular weight excluding hydrogens is 308 g/mol. The van der Waals surface area contributed by atoms with Gasteiger partial charge >= 0.3 is 0 Å².